The van der Waals surface area contributed by atoms with E-state index in [0.29, 0.717) is 32.0 Å². The summed E-state index contributed by atoms with van der Waals surface area (Å²) in [6.07, 6.45) is 3.01. The molecule has 0 spiro atoms. The van der Waals surface area contributed by atoms with Crippen LogP contribution in [0.15, 0.2) is 70.0 Å². The number of nitrogens with zero attached hydrogens (tertiary/aromatic N) is 3. The highest BCUT2D eigenvalue weighted by atomic mass is 32.2. The van der Waals surface area contributed by atoms with Crippen molar-refractivity contribution in [3.63, 3.8) is 0 Å². The fourth-order valence-corrected chi connectivity index (χ4v) is 6.03. The van der Waals surface area contributed by atoms with Crippen LogP contribution in [0.1, 0.15) is 47.7 Å². The van der Waals surface area contributed by atoms with E-state index in [1.165, 1.54) is 33.5 Å². The Labute approximate surface area is 219 Å². The first-order chi connectivity index (χ1) is 18.3. The molecule has 38 heavy (non-hydrogen) atoms. The Morgan fingerprint density at radius 2 is 1.79 bits per heavy atom. The van der Waals surface area contributed by atoms with Gasteiger partial charge in [-0.25, -0.2) is 17.2 Å². The predicted octanol–water partition coefficient (Wildman–Crippen LogP) is 5.69. The van der Waals surface area contributed by atoms with E-state index >= 15 is 0 Å². The molecular weight excluding hydrogens is 512 g/mol. The Kier molecular flexibility index (Phi) is 7.27. The highest BCUT2D eigenvalue weighted by Gasteiger charge is 2.29. The molecule has 1 amide bonds. The number of amides is 1. The lowest BCUT2D eigenvalue weighted by Gasteiger charge is -2.28. The Hall–Kier alpha value is -3.63. The van der Waals surface area contributed by atoms with Crippen LogP contribution in [0.3, 0.4) is 0 Å². The van der Waals surface area contributed by atoms with Crippen LogP contribution in [0, 0.1) is 11.6 Å². The third-order valence-electron chi connectivity index (χ3n) is 6.70. The van der Waals surface area contributed by atoms with E-state index < -0.39 is 27.6 Å². The molecule has 0 unspecified atom stereocenters. The molecule has 5 rings (SSSR count). The molecule has 198 valence electrons. The standard InChI is InChI=1S/C28H27F2N3O4S/c1-2-3-6-14-33(28-31-26-24(30)16-22(29)17-25(26)37-28)27(34)20-9-11-23(12-10-20)38(35,36)32-15-13-19-7-4-5-8-21(19)18-32/h4-5,7-12,16-17H,2-3,6,13-15,18H2,1H3. The molecule has 0 aliphatic carbocycles. The fraction of sp³-hybridized carbons (Fsp3) is 0.286. The van der Waals surface area contributed by atoms with Crippen LogP contribution in [0.5, 0.6) is 0 Å². The zero-order chi connectivity index (χ0) is 26.9. The largest absolute Gasteiger partial charge is 0.423 e. The number of oxazole rings is 1. The van der Waals surface area contributed by atoms with Gasteiger partial charge in [-0.05, 0) is 48.2 Å². The maximum Gasteiger partial charge on any atom is 0.305 e. The van der Waals surface area contributed by atoms with E-state index in [4.69, 9.17) is 4.42 Å². The molecule has 0 radical (unpaired) electrons. The van der Waals surface area contributed by atoms with Crippen molar-refractivity contribution < 1.29 is 26.4 Å². The minimum Gasteiger partial charge on any atom is -0.423 e. The number of benzene rings is 3. The van der Waals surface area contributed by atoms with E-state index in [0.717, 1.165) is 30.0 Å². The molecule has 1 aliphatic heterocycles. The normalized spacial score (nSPS) is 14.0. The Morgan fingerprint density at radius 3 is 2.53 bits per heavy atom. The molecule has 0 fully saturated rings. The van der Waals surface area contributed by atoms with E-state index in [1.54, 1.807) is 0 Å². The number of hydrogen-bond donors (Lipinski definition) is 0. The molecule has 0 atom stereocenters. The molecule has 4 aromatic rings. The summed E-state index contributed by atoms with van der Waals surface area (Å²) in [5.74, 6) is -2.18. The van der Waals surface area contributed by atoms with Crippen LogP contribution in [0.25, 0.3) is 11.1 Å². The summed E-state index contributed by atoms with van der Waals surface area (Å²) < 4.78 is 61.5. The average Bonchev–Trinajstić information content (AvgIpc) is 3.34. The minimum atomic E-state index is -3.76. The molecule has 1 aromatic heterocycles. The molecule has 0 saturated carbocycles. The third-order valence-corrected chi connectivity index (χ3v) is 8.56. The molecule has 0 bridgehead atoms. The molecule has 3 aromatic carbocycles. The van der Waals surface area contributed by atoms with Crippen molar-refractivity contribution in [1.82, 2.24) is 9.29 Å². The van der Waals surface area contributed by atoms with Crippen LogP contribution >= 0.6 is 0 Å². The van der Waals surface area contributed by atoms with Gasteiger partial charge in [0, 0.05) is 37.3 Å². The summed E-state index contributed by atoms with van der Waals surface area (Å²) in [4.78, 5) is 18.9. The van der Waals surface area contributed by atoms with Gasteiger partial charge in [0.1, 0.15) is 11.3 Å². The first-order valence-electron chi connectivity index (χ1n) is 12.5. The number of carbonyl (C=O) groups excluding carboxylic acids is 1. The highest BCUT2D eigenvalue weighted by Crippen LogP contribution is 2.28. The minimum absolute atomic E-state index is 0.0883. The lowest BCUT2D eigenvalue weighted by atomic mass is 10.0. The summed E-state index contributed by atoms with van der Waals surface area (Å²) in [6, 6.07) is 15.1. The lowest BCUT2D eigenvalue weighted by molar-refractivity contribution is 0.0981. The molecule has 0 saturated heterocycles. The number of halogens is 2. The van der Waals surface area contributed by atoms with Crippen LogP contribution in [-0.4, -0.2) is 36.7 Å². The lowest BCUT2D eigenvalue weighted by Crippen LogP contribution is -2.36. The monoisotopic (exact) mass is 539 g/mol. The molecule has 1 aliphatic rings. The van der Waals surface area contributed by atoms with Gasteiger partial charge in [0.05, 0.1) is 4.90 Å². The summed E-state index contributed by atoms with van der Waals surface area (Å²) >= 11 is 0. The van der Waals surface area contributed by atoms with Gasteiger partial charge in [-0.15, -0.1) is 0 Å². The van der Waals surface area contributed by atoms with Gasteiger partial charge >= 0.3 is 6.01 Å². The third kappa shape index (κ3) is 5.06. The van der Waals surface area contributed by atoms with Crippen molar-refractivity contribution >= 4 is 33.0 Å². The summed E-state index contributed by atoms with van der Waals surface area (Å²) in [6.45, 7) is 2.93. The number of aromatic nitrogens is 1. The smallest absolute Gasteiger partial charge is 0.305 e. The number of hydrogen-bond acceptors (Lipinski definition) is 5. The molecular formula is C28H27F2N3O4S. The van der Waals surface area contributed by atoms with Gasteiger partial charge in [0.25, 0.3) is 5.91 Å². The zero-order valence-electron chi connectivity index (χ0n) is 20.9. The van der Waals surface area contributed by atoms with Crippen LogP contribution < -0.4 is 4.90 Å². The quantitative estimate of drug-likeness (QED) is 0.269. The van der Waals surface area contributed by atoms with Crippen molar-refractivity contribution in [2.75, 3.05) is 18.0 Å². The molecule has 2 heterocycles. The SMILES string of the molecule is CCCCCN(C(=O)c1ccc(S(=O)(=O)N2CCc3ccccc3C2)cc1)c1nc2c(F)cc(F)cc2o1. The van der Waals surface area contributed by atoms with Crippen molar-refractivity contribution in [2.45, 2.75) is 44.0 Å². The number of anilines is 1. The van der Waals surface area contributed by atoms with Gasteiger partial charge < -0.3 is 4.42 Å². The highest BCUT2D eigenvalue weighted by molar-refractivity contribution is 7.89. The van der Waals surface area contributed by atoms with Crippen LogP contribution in [-0.2, 0) is 23.0 Å². The van der Waals surface area contributed by atoms with E-state index in [2.05, 4.69) is 4.98 Å². The Balaban J connectivity index is 1.40. The van der Waals surface area contributed by atoms with E-state index in [-0.39, 0.29) is 34.1 Å². The Bertz CT molecular complexity index is 1590. The van der Waals surface area contributed by atoms with Crippen molar-refractivity contribution in [3.8, 4) is 0 Å². The number of carbonyl (C=O) groups is 1. The first-order valence-corrected chi connectivity index (χ1v) is 14.0. The van der Waals surface area contributed by atoms with Gasteiger partial charge in [0.2, 0.25) is 10.0 Å². The van der Waals surface area contributed by atoms with Crippen molar-refractivity contribution in [2.24, 2.45) is 0 Å². The number of sulfonamides is 1. The Morgan fingerprint density at radius 1 is 1.05 bits per heavy atom. The molecule has 10 heteroatoms. The van der Waals surface area contributed by atoms with Gasteiger partial charge in [0.15, 0.2) is 11.4 Å². The molecule has 7 nitrogen and oxygen atoms in total. The second-order valence-electron chi connectivity index (χ2n) is 9.28. The van der Waals surface area contributed by atoms with Gasteiger partial charge in [-0.2, -0.15) is 9.29 Å². The maximum absolute atomic E-state index is 14.2. The van der Waals surface area contributed by atoms with Crippen LogP contribution in [0.4, 0.5) is 14.8 Å². The fourth-order valence-electron chi connectivity index (χ4n) is 4.61. The number of rotatable bonds is 8. The summed E-state index contributed by atoms with van der Waals surface area (Å²) in [5, 5.41) is 0. The van der Waals surface area contributed by atoms with Crippen LogP contribution in [0.2, 0.25) is 0 Å². The summed E-state index contributed by atoms with van der Waals surface area (Å²) in [5.41, 5.74) is 2.07. The van der Waals surface area contributed by atoms with Crippen molar-refractivity contribution in [1.29, 1.82) is 0 Å². The topological polar surface area (TPSA) is 83.7 Å². The number of fused-ring (bicyclic) bond motifs is 2. The van der Waals surface area contributed by atoms with E-state index in [1.807, 2.05) is 31.2 Å². The zero-order valence-corrected chi connectivity index (χ0v) is 21.7. The number of unbranched alkanes of at least 4 members (excludes halogenated alkanes) is 2. The average molecular weight is 540 g/mol. The predicted molar refractivity (Wildman–Crippen MR) is 139 cm³/mol. The van der Waals surface area contributed by atoms with Crippen molar-refractivity contribution in [3.05, 3.63) is 89.0 Å². The summed E-state index contributed by atoms with van der Waals surface area (Å²) in [7, 11) is -3.76. The second kappa shape index (κ2) is 10.6. The molecule has 0 N–H and O–H groups in total. The van der Waals surface area contributed by atoms with Gasteiger partial charge in [-0.1, -0.05) is 44.0 Å². The maximum atomic E-state index is 14.2. The second-order valence-corrected chi connectivity index (χ2v) is 11.2. The van der Waals surface area contributed by atoms with E-state index in [9.17, 15) is 22.0 Å². The van der Waals surface area contributed by atoms with Gasteiger partial charge in [-0.3, -0.25) is 9.69 Å². The first kappa shape index (κ1) is 26.0.